The molecule has 6 nitrogen and oxygen atoms in total. The van der Waals surface area contributed by atoms with E-state index in [9.17, 15) is 5.11 Å². The third kappa shape index (κ3) is 2.62. The van der Waals surface area contributed by atoms with E-state index < -0.39 is 0 Å². The highest BCUT2D eigenvalue weighted by Gasteiger charge is 2.29. The van der Waals surface area contributed by atoms with Crippen LogP contribution < -0.4 is 11.1 Å². The lowest BCUT2D eigenvalue weighted by Crippen LogP contribution is -2.56. The molecule has 0 aromatic heterocycles. The fourth-order valence-corrected chi connectivity index (χ4v) is 2.75. The minimum Gasteiger partial charge on any atom is -0.507 e. The van der Waals surface area contributed by atoms with Gasteiger partial charge in [-0.1, -0.05) is 12.1 Å². The summed E-state index contributed by atoms with van der Waals surface area (Å²) in [5, 5.41) is 21.4. The minimum absolute atomic E-state index is 0.0996. The van der Waals surface area contributed by atoms with E-state index in [-0.39, 0.29) is 17.5 Å². The summed E-state index contributed by atoms with van der Waals surface area (Å²) >= 11 is 0. The zero-order valence-corrected chi connectivity index (χ0v) is 11.7. The Kier molecular flexibility index (Phi) is 3.62. The van der Waals surface area contributed by atoms with Crippen molar-refractivity contribution in [3.8, 4) is 5.75 Å². The van der Waals surface area contributed by atoms with E-state index in [0.29, 0.717) is 17.9 Å². The average molecular weight is 285 g/mol. The fraction of sp³-hybridized carbons (Fsp3) is 0.333. The quantitative estimate of drug-likeness (QED) is 0.587. The van der Waals surface area contributed by atoms with Crippen molar-refractivity contribution >= 4 is 11.5 Å². The van der Waals surface area contributed by atoms with Gasteiger partial charge >= 0.3 is 0 Å². The van der Waals surface area contributed by atoms with Gasteiger partial charge in [0.1, 0.15) is 11.6 Å². The summed E-state index contributed by atoms with van der Waals surface area (Å²) in [5.41, 5.74) is 7.52. The molecule has 5 N–H and O–H groups in total. The number of fused-ring (bicyclic) bond motifs is 1. The van der Waals surface area contributed by atoms with Crippen LogP contribution in [0.1, 0.15) is 5.56 Å². The molecule has 0 saturated carbocycles. The zero-order chi connectivity index (χ0) is 14.8. The molecule has 1 unspecified atom stereocenters. The lowest BCUT2D eigenvalue weighted by Gasteiger charge is -2.41. The molecule has 1 atom stereocenters. The molecule has 2 aliphatic heterocycles. The number of phenols is 1. The third-order valence-corrected chi connectivity index (χ3v) is 3.87. The van der Waals surface area contributed by atoms with Crippen LogP contribution in [0.4, 0.5) is 0 Å². The lowest BCUT2D eigenvalue weighted by molar-refractivity contribution is 0.217. The molecule has 0 radical (unpaired) electrons. The summed E-state index contributed by atoms with van der Waals surface area (Å²) in [5.74, 6) is 0.566. The van der Waals surface area contributed by atoms with E-state index in [1.54, 1.807) is 30.3 Å². The number of amidine groups is 1. The largest absolute Gasteiger partial charge is 0.507 e. The molecule has 1 saturated heterocycles. The van der Waals surface area contributed by atoms with E-state index in [1.165, 1.54) is 0 Å². The number of aromatic hydroxyl groups is 1. The van der Waals surface area contributed by atoms with E-state index in [2.05, 4.69) is 15.2 Å². The van der Waals surface area contributed by atoms with Crippen LogP contribution in [-0.2, 0) is 0 Å². The Morgan fingerprint density at radius 3 is 3.10 bits per heavy atom. The molecule has 1 aromatic rings. The van der Waals surface area contributed by atoms with Gasteiger partial charge in [0.05, 0.1) is 24.0 Å². The maximum Gasteiger partial charge on any atom is 0.142 e. The molecule has 0 aliphatic carbocycles. The number of allylic oxidation sites excluding steroid dienone is 1. The maximum absolute atomic E-state index is 9.85. The van der Waals surface area contributed by atoms with Crippen molar-refractivity contribution in [1.29, 1.82) is 5.41 Å². The van der Waals surface area contributed by atoms with Gasteiger partial charge in [-0.25, -0.2) is 0 Å². The van der Waals surface area contributed by atoms with Crippen LogP contribution >= 0.6 is 0 Å². The maximum atomic E-state index is 9.85. The van der Waals surface area contributed by atoms with Crippen LogP contribution in [0, 0.1) is 5.41 Å². The first-order valence-electron chi connectivity index (χ1n) is 7.03. The van der Waals surface area contributed by atoms with Crippen molar-refractivity contribution in [1.82, 2.24) is 10.2 Å². The van der Waals surface area contributed by atoms with Crippen LogP contribution in [0.3, 0.4) is 0 Å². The van der Waals surface area contributed by atoms with Crippen LogP contribution in [0.2, 0.25) is 0 Å². The summed E-state index contributed by atoms with van der Waals surface area (Å²) in [6.45, 7) is 3.30. The Balaban J connectivity index is 1.93. The number of aliphatic imine (C=N–C) groups is 1. The first kappa shape index (κ1) is 13.6. The standard InChI is InChI=1S/C15H19N5O/c16-12(11-3-1-2-4-14(11)21)7-13-15(17)19-9-10-8-18-5-6-20(10)13/h1-4,7,10,16,18,21H,5-6,8-9H2,(H2,17,19)/b13-7+,16-12?. The van der Waals surface area contributed by atoms with Gasteiger partial charge in [-0.15, -0.1) is 0 Å². The summed E-state index contributed by atoms with van der Waals surface area (Å²) in [6.07, 6.45) is 1.70. The van der Waals surface area contributed by atoms with Crippen LogP contribution in [0.25, 0.3) is 0 Å². The second-order valence-electron chi connectivity index (χ2n) is 5.24. The van der Waals surface area contributed by atoms with E-state index >= 15 is 0 Å². The van der Waals surface area contributed by atoms with E-state index in [1.807, 2.05) is 0 Å². The highest BCUT2D eigenvalue weighted by molar-refractivity contribution is 6.12. The van der Waals surface area contributed by atoms with Crippen LogP contribution in [-0.4, -0.2) is 53.8 Å². The average Bonchev–Trinajstić information content (AvgIpc) is 2.50. The van der Waals surface area contributed by atoms with Gasteiger partial charge in [0.25, 0.3) is 0 Å². The second-order valence-corrected chi connectivity index (χ2v) is 5.24. The molecule has 2 aliphatic rings. The lowest BCUT2D eigenvalue weighted by atomic mass is 10.0. The van der Waals surface area contributed by atoms with Crippen molar-refractivity contribution in [2.75, 3.05) is 26.2 Å². The molecule has 0 bridgehead atoms. The molecule has 0 spiro atoms. The Hall–Kier alpha value is -2.34. The highest BCUT2D eigenvalue weighted by Crippen LogP contribution is 2.21. The number of hydrogen-bond acceptors (Lipinski definition) is 6. The molecule has 1 fully saturated rings. The van der Waals surface area contributed by atoms with Gasteiger partial charge in [0.15, 0.2) is 0 Å². The van der Waals surface area contributed by atoms with Gasteiger partial charge in [-0.3, -0.25) is 4.99 Å². The SMILES string of the molecule is N=C(/C=C1\C(N)=NCC2CNCCN12)c1ccccc1O. The van der Waals surface area contributed by atoms with Crippen LogP contribution in [0.15, 0.2) is 41.0 Å². The van der Waals surface area contributed by atoms with Crippen LogP contribution in [0.5, 0.6) is 5.75 Å². The third-order valence-electron chi connectivity index (χ3n) is 3.87. The summed E-state index contributed by atoms with van der Waals surface area (Å²) in [7, 11) is 0. The van der Waals surface area contributed by atoms with Gasteiger partial charge in [-0.2, -0.15) is 0 Å². The molecule has 2 heterocycles. The molecular formula is C15H19N5O. The molecule has 110 valence electrons. The Morgan fingerprint density at radius 2 is 2.29 bits per heavy atom. The zero-order valence-electron chi connectivity index (χ0n) is 11.7. The first-order chi connectivity index (χ1) is 10.2. The number of nitrogens with two attached hydrogens (primary N) is 1. The van der Waals surface area contributed by atoms with Crippen molar-refractivity contribution in [3.05, 3.63) is 41.6 Å². The summed E-state index contributed by atoms with van der Waals surface area (Å²) < 4.78 is 0. The van der Waals surface area contributed by atoms with Crippen molar-refractivity contribution in [3.63, 3.8) is 0 Å². The summed E-state index contributed by atoms with van der Waals surface area (Å²) in [4.78, 5) is 6.55. The minimum atomic E-state index is 0.0996. The van der Waals surface area contributed by atoms with Crippen molar-refractivity contribution in [2.45, 2.75) is 6.04 Å². The molecule has 0 amide bonds. The van der Waals surface area contributed by atoms with E-state index in [0.717, 1.165) is 25.3 Å². The van der Waals surface area contributed by atoms with E-state index in [4.69, 9.17) is 11.1 Å². The molecule has 3 rings (SSSR count). The predicted octanol–water partition coefficient (Wildman–Crippen LogP) is 0.289. The van der Waals surface area contributed by atoms with Gasteiger partial charge in [-0.05, 0) is 18.2 Å². The Bertz CT molecular complexity index is 622. The second kappa shape index (κ2) is 5.57. The number of nitrogens with zero attached hydrogens (tertiary/aromatic N) is 2. The van der Waals surface area contributed by atoms with Gasteiger partial charge in [0, 0.05) is 25.2 Å². The number of phenolic OH excluding ortho intramolecular Hbond substituents is 1. The summed E-state index contributed by atoms with van der Waals surface area (Å²) in [6, 6.07) is 7.12. The predicted molar refractivity (Wildman–Crippen MR) is 82.9 cm³/mol. The number of benzene rings is 1. The number of nitrogens with one attached hydrogen (secondary N) is 2. The molecule has 1 aromatic carbocycles. The smallest absolute Gasteiger partial charge is 0.142 e. The van der Waals surface area contributed by atoms with Gasteiger partial charge < -0.3 is 26.5 Å². The number of hydrogen-bond donors (Lipinski definition) is 4. The monoisotopic (exact) mass is 285 g/mol. The Morgan fingerprint density at radius 1 is 1.48 bits per heavy atom. The Labute approximate surface area is 123 Å². The first-order valence-corrected chi connectivity index (χ1v) is 7.03. The van der Waals surface area contributed by atoms with Crippen molar-refractivity contribution in [2.24, 2.45) is 10.7 Å². The number of piperazine rings is 1. The molecule has 6 heteroatoms. The molecular weight excluding hydrogens is 266 g/mol. The van der Waals surface area contributed by atoms with Crippen molar-refractivity contribution < 1.29 is 5.11 Å². The highest BCUT2D eigenvalue weighted by atomic mass is 16.3. The fourth-order valence-electron chi connectivity index (χ4n) is 2.75. The molecule has 21 heavy (non-hydrogen) atoms. The topological polar surface area (TPSA) is 97.7 Å². The normalized spacial score (nSPS) is 23.6. The number of rotatable bonds is 2. The van der Waals surface area contributed by atoms with Gasteiger partial charge in [0.2, 0.25) is 0 Å². The number of para-hydroxylation sites is 1.